The van der Waals surface area contributed by atoms with Crippen LogP contribution in [0.15, 0.2) is 97.1 Å². The van der Waals surface area contributed by atoms with Gasteiger partial charge in [-0.1, -0.05) is 175 Å². The van der Waals surface area contributed by atoms with E-state index in [4.69, 9.17) is 0 Å². The first-order valence-electron chi connectivity index (χ1n) is 17.5. The first-order chi connectivity index (χ1) is 22.4. The molecule has 4 N–H and O–H groups in total. The van der Waals surface area contributed by atoms with Crippen LogP contribution in [0, 0.1) is 0 Å². The van der Waals surface area contributed by atoms with E-state index in [1.54, 1.807) is 0 Å². The van der Waals surface area contributed by atoms with E-state index in [1.807, 2.05) is 84.9 Å². The molecule has 0 aromatic heterocycles. The van der Waals surface area contributed by atoms with Gasteiger partial charge >= 0.3 is 14.2 Å². The number of aryl methyl sites for hydroxylation is 2. The van der Waals surface area contributed by atoms with Crippen LogP contribution in [0.4, 0.5) is 0 Å². The standard InChI is InChI=1S/2C20H27BO2/c2*1-2-3-4-5-6-8-11-17-14-15-20(21(22)23)19(16-17)18-12-9-7-10-13-18/h2*7,9-10,12-16,22-23H,2-6,8,11H2,1H3. The van der Waals surface area contributed by atoms with Crippen LogP contribution >= 0.6 is 0 Å². The third-order valence-corrected chi connectivity index (χ3v) is 8.60. The van der Waals surface area contributed by atoms with E-state index in [0.29, 0.717) is 10.9 Å². The summed E-state index contributed by atoms with van der Waals surface area (Å²) in [6.45, 7) is 4.48. The van der Waals surface area contributed by atoms with E-state index >= 15 is 0 Å². The fourth-order valence-corrected chi connectivity index (χ4v) is 5.92. The molecule has 0 aliphatic rings. The molecule has 4 aromatic carbocycles. The van der Waals surface area contributed by atoms with Crippen LogP contribution in [0.5, 0.6) is 0 Å². The van der Waals surface area contributed by atoms with Crippen molar-refractivity contribution in [1.29, 1.82) is 0 Å². The molecule has 244 valence electrons. The van der Waals surface area contributed by atoms with Gasteiger partial charge < -0.3 is 20.1 Å². The first kappa shape index (κ1) is 37.3. The summed E-state index contributed by atoms with van der Waals surface area (Å²) in [4.78, 5) is 0. The molecule has 0 heterocycles. The number of hydrogen-bond acceptors (Lipinski definition) is 4. The van der Waals surface area contributed by atoms with E-state index in [0.717, 1.165) is 35.1 Å². The Morgan fingerprint density at radius 3 is 1.11 bits per heavy atom. The van der Waals surface area contributed by atoms with Crippen molar-refractivity contribution in [3.8, 4) is 22.3 Å². The van der Waals surface area contributed by atoms with Gasteiger partial charge in [-0.05, 0) is 70.0 Å². The van der Waals surface area contributed by atoms with E-state index in [9.17, 15) is 20.1 Å². The molecule has 0 bridgehead atoms. The van der Waals surface area contributed by atoms with Gasteiger partial charge in [-0.15, -0.1) is 0 Å². The molecule has 0 atom stereocenters. The Morgan fingerprint density at radius 2 is 0.761 bits per heavy atom. The lowest BCUT2D eigenvalue weighted by molar-refractivity contribution is 0.424. The average Bonchev–Trinajstić information content (AvgIpc) is 3.08. The predicted octanol–water partition coefficient (Wildman–Crippen LogP) is 7.87. The second-order valence-electron chi connectivity index (χ2n) is 12.4. The van der Waals surface area contributed by atoms with Crippen molar-refractivity contribution in [2.24, 2.45) is 0 Å². The maximum absolute atomic E-state index is 9.61. The van der Waals surface area contributed by atoms with Crippen LogP contribution < -0.4 is 10.9 Å². The molecule has 0 amide bonds. The topological polar surface area (TPSA) is 80.9 Å². The highest BCUT2D eigenvalue weighted by Gasteiger charge is 2.18. The largest absolute Gasteiger partial charge is 0.489 e. The van der Waals surface area contributed by atoms with Gasteiger partial charge in [0.2, 0.25) is 0 Å². The molecule has 0 aliphatic carbocycles. The quantitative estimate of drug-likeness (QED) is 0.0675. The SMILES string of the molecule is CCCCCCCCc1ccc(B(O)O)c(-c2ccccc2)c1.CCCCCCCCc1ccc(B(O)O)c(-c2ccccc2)c1. The molecule has 4 rings (SSSR count). The summed E-state index contributed by atoms with van der Waals surface area (Å²) in [5, 5.41) is 38.4. The molecule has 46 heavy (non-hydrogen) atoms. The van der Waals surface area contributed by atoms with Gasteiger partial charge in [0.1, 0.15) is 0 Å². The van der Waals surface area contributed by atoms with Crippen molar-refractivity contribution in [3.63, 3.8) is 0 Å². The second kappa shape index (κ2) is 21.6. The Balaban J connectivity index is 0.000000250. The number of unbranched alkanes of at least 4 members (excludes halogenated alkanes) is 10. The van der Waals surface area contributed by atoms with Gasteiger partial charge in [0.05, 0.1) is 0 Å². The third-order valence-electron chi connectivity index (χ3n) is 8.60. The van der Waals surface area contributed by atoms with Crippen molar-refractivity contribution in [2.75, 3.05) is 0 Å². The highest BCUT2D eigenvalue weighted by molar-refractivity contribution is 6.61. The van der Waals surface area contributed by atoms with Crippen LogP contribution in [0.3, 0.4) is 0 Å². The summed E-state index contributed by atoms with van der Waals surface area (Å²) in [5.41, 5.74) is 7.58. The van der Waals surface area contributed by atoms with Crippen LogP contribution in [-0.4, -0.2) is 34.3 Å². The molecular weight excluding hydrogens is 566 g/mol. The van der Waals surface area contributed by atoms with Gasteiger partial charge in [-0.25, -0.2) is 0 Å². The zero-order valence-corrected chi connectivity index (χ0v) is 28.1. The van der Waals surface area contributed by atoms with Crippen LogP contribution in [0.2, 0.25) is 0 Å². The maximum atomic E-state index is 9.61. The minimum absolute atomic E-state index is 0.572. The van der Waals surface area contributed by atoms with Gasteiger partial charge in [0.25, 0.3) is 0 Å². The molecule has 0 unspecified atom stereocenters. The van der Waals surface area contributed by atoms with Gasteiger partial charge in [0, 0.05) is 0 Å². The monoisotopic (exact) mass is 620 g/mol. The molecule has 4 nitrogen and oxygen atoms in total. The summed E-state index contributed by atoms with van der Waals surface area (Å²) < 4.78 is 0. The Kier molecular flexibility index (Phi) is 17.5. The Bertz CT molecular complexity index is 1270. The maximum Gasteiger partial charge on any atom is 0.489 e. The van der Waals surface area contributed by atoms with Crippen molar-refractivity contribution in [2.45, 2.75) is 104 Å². The van der Waals surface area contributed by atoms with Gasteiger partial charge in [0.15, 0.2) is 0 Å². The zero-order chi connectivity index (χ0) is 33.0. The smallest absolute Gasteiger partial charge is 0.423 e. The van der Waals surface area contributed by atoms with E-state index in [2.05, 4.69) is 26.0 Å². The van der Waals surface area contributed by atoms with Crippen LogP contribution in [-0.2, 0) is 12.8 Å². The number of hydrogen-bond donors (Lipinski definition) is 4. The third kappa shape index (κ3) is 12.9. The van der Waals surface area contributed by atoms with E-state index in [1.165, 1.54) is 88.2 Å². The lowest BCUT2D eigenvalue weighted by Gasteiger charge is -2.12. The molecule has 0 fully saturated rings. The first-order valence-corrected chi connectivity index (χ1v) is 17.5. The van der Waals surface area contributed by atoms with Gasteiger partial charge in [-0.2, -0.15) is 0 Å². The van der Waals surface area contributed by atoms with Crippen molar-refractivity contribution >= 4 is 25.2 Å². The van der Waals surface area contributed by atoms with Crippen molar-refractivity contribution in [1.82, 2.24) is 0 Å². The lowest BCUT2D eigenvalue weighted by atomic mass is 9.74. The fourth-order valence-electron chi connectivity index (χ4n) is 5.92. The lowest BCUT2D eigenvalue weighted by Crippen LogP contribution is -2.31. The summed E-state index contributed by atoms with van der Waals surface area (Å²) in [6, 6.07) is 31.8. The number of rotatable bonds is 18. The summed E-state index contributed by atoms with van der Waals surface area (Å²) >= 11 is 0. The molecular formula is C40H54B2O4. The zero-order valence-electron chi connectivity index (χ0n) is 28.1. The molecule has 0 radical (unpaired) electrons. The van der Waals surface area contributed by atoms with Crippen LogP contribution in [0.1, 0.15) is 102 Å². The predicted molar refractivity (Wildman–Crippen MR) is 198 cm³/mol. The minimum atomic E-state index is -1.44. The molecule has 0 spiro atoms. The highest BCUT2D eigenvalue weighted by Crippen LogP contribution is 2.22. The summed E-state index contributed by atoms with van der Waals surface area (Å²) in [7, 11) is -2.87. The van der Waals surface area contributed by atoms with Crippen molar-refractivity contribution in [3.05, 3.63) is 108 Å². The Hall–Kier alpha value is -3.15. The Morgan fingerprint density at radius 1 is 0.413 bits per heavy atom. The molecule has 0 aliphatic heterocycles. The molecule has 0 saturated heterocycles. The van der Waals surface area contributed by atoms with E-state index in [-0.39, 0.29) is 0 Å². The van der Waals surface area contributed by atoms with Crippen molar-refractivity contribution < 1.29 is 20.1 Å². The second-order valence-corrected chi connectivity index (χ2v) is 12.4. The molecule has 4 aromatic rings. The summed E-state index contributed by atoms with van der Waals surface area (Å²) in [5.74, 6) is 0. The van der Waals surface area contributed by atoms with Crippen LogP contribution in [0.25, 0.3) is 22.3 Å². The molecule has 6 heteroatoms. The number of benzene rings is 4. The fraction of sp³-hybridized carbons (Fsp3) is 0.400. The van der Waals surface area contributed by atoms with Gasteiger partial charge in [-0.3, -0.25) is 0 Å². The summed E-state index contributed by atoms with van der Waals surface area (Å²) in [6.07, 6.45) is 17.6. The van der Waals surface area contributed by atoms with E-state index < -0.39 is 14.2 Å². The highest BCUT2D eigenvalue weighted by atomic mass is 16.4. The average molecular weight is 620 g/mol. The normalized spacial score (nSPS) is 10.7. The minimum Gasteiger partial charge on any atom is -0.423 e. The Labute approximate surface area is 278 Å². The molecule has 0 saturated carbocycles.